The van der Waals surface area contributed by atoms with Crippen LogP contribution in [0, 0.1) is 25.7 Å². The maximum Gasteiger partial charge on any atom is 0.248 e. The Kier molecular flexibility index (Phi) is 6.94. The lowest BCUT2D eigenvalue weighted by Gasteiger charge is -2.32. The number of sulfonamides is 1. The van der Waals surface area contributed by atoms with Gasteiger partial charge in [-0.3, -0.25) is 9.59 Å². The van der Waals surface area contributed by atoms with Crippen LogP contribution in [0.25, 0.3) is 0 Å². The van der Waals surface area contributed by atoms with E-state index in [1.54, 1.807) is 13.8 Å². The maximum atomic E-state index is 13.0. The van der Waals surface area contributed by atoms with Crippen molar-refractivity contribution in [3.63, 3.8) is 0 Å². The number of anilines is 2. The lowest BCUT2D eigenvalue weighted by Crippen LogP contribution is -2.41. The maximum absolute atomic E-state index is 13.0. The van der Waals surface area contributed by atoms with Gasteiger partial charge in [0.25, 0.3) is 0 Å². The topological polar surface area (TPSA) is 139 Å². The highest BCUT2D eigenvalue weighted by atomic mass is 32.2. The summed E-state index contributed by atoms with van der Waals surface area (Å²) in [5, 5.41) is 6.70. The Morgan fingerprint density at radius 2 is 1.59 bits per heavy atom. The third-order valence-corrected chi connectivity index (χ3v) is 8.93. The number of primary amides is 1. The van der Waals surface area contributed by atoms with E-state index in [0.29, 0.717) is 24.2 Å². The number of aryl methyl sites for hydroxylation is 2. The first-order valence-electron chi connectivity index (χ1n) is 11.5. The van der Waals surface area contributed by atoms with Crippen LogP contribution in [-0.4, -0.2) is 55.9 Å². The van der Waals surface area contributed by atoms with Crippen molar-refractivity contribution in [3.8, 4) is 0 Å². The number of piperidine rings is 2. The number of rotatable bonds is 6. The van der Waals surface area contributed by atoms with Crippen molar-refractivity contribution >= 4 is 33.2 Å². The molecule has 0 spiro atoms. The Balaban J connectivity index is 1.30. The van der Waals surface area contributed by atoms with E-state index < -0.39 is 10.0 Å². The Bertz CT molecular complexity index is 1130. The molecule has 0 aliphatic carbocycles. The molecular formula is C23H31N5O5S. The Morgan fingerprint density at radius 1 is 1.00 bits per heavy atom. The number of carbonyl (C=O) groups is 2. The smallest absolute Gasteiger partial charge is 0.248 e. The van der Waals surface area contributed by atoms with Crippen molar-refractivity contribution in [2.75, 3.05) is 36.4 Å². The highest BCUT2D eigenvalue weighted by Crippen LogP contribution is 2.29. The Hall–Kier alpha value is -2.92. The summed E-state index contributed by atoms with van der Waals surface area (Å²) >= 11 is 0. The summed E-state index contributed by atoms with van der Waals surface area (Å²) in [6.07, 6.45) is 2.39. The lowest BCUT2D eigenvalue weighted by atomic mass is 9.96. The Labute approximate surface area is 199 Å². The lowest BCUT2D eigenvalue weighted by molar-refractivity contribution is -0.122. The molecule has 0 saturated carbocycles. The average molecular weight is 490 g/mol. The second-order valence-electron chi connectivity index (χ2n) is 9.03. The molecule has 2 amide bonds. The standard InChI is InChI=1S/C23H31N5O5S/c1-15-21(16(2)33-26-15)34(31,32)28-13-9-18(10-14-28)23(30)25-19-3-5-20(6-4-19)27-11-7-17(8-12-27)22(24)29/h3-6,17-18H,7-14H2,1-2H3,(H2,24,29)(H,25,30). The number of hydrogen-bond donors (Lipinski definition) is 2. The van der Waals surface area contributed by atoms with Crippen LogP contribution >= 0.6 is 0 Å². The van der Waals surface area contributed by atoms with Gasteiger partial charge in [-0.15, -0.1) is 0 Å². The van der Waals surface area contributed by atoms with Gasteiger partial charge in [0.2, 0.25) is 21.8 Å². The molecule has 10 nitrogen and oxygen atoms in total. The summed E-state index contributed by atoms with van der Waals surface area (Å²) < 4.78 is 32.4. The van der Waals surface area contributed by atoms with Gasteiger partial charge in [-0.1, -0.05) is 5.16 Å². The van der Waals surface area contributed by atoms with Crippen molar-refractivity contribution < 1.29 is 22.5 Å². The minimum absolute atomic E-state index is 0.0550. The quantitative estimate of drug-likeness (QED) is 0.633. The van der Waals surface area contributed by atoms with E-state index in [1.807, 2.05) is 24.3 Å². The second-order valence-corrected chi connectivity index (χ2v) is 10.9. The zero-order chi connectivity index (χ0) is 24.5. The third kappa shape index (κ3) is 4.95. The predicted molar refractivity (Wildman–Crippen MR) is 127 cm³/mol. The number of aromatic nitrogens is 1. The first kappa shape index (κ1) is 24.2. The van der Waals surface area contributed by atoms with Crippen molar-refractivity contribution in [1.82, 2.24) is 9.46 Å². The summed E-state index contributed by atoms with van der Waals surface area (Å²) in [6, 6.07) is 7.65. The van der Waals surface area contributed by atoms with Crippen LogP contribution in [0.5, 0.6) is 0 Å². The van der Waals surface area contributed by atoms with E-state index in [4.69, 9.17) is 10.3 Å². The number of benzene rings is 1. The normalized spacial score (nSPS) is 18.7. The molecule has 4 rings (SSSR count). The number of nitrogens with one attached hydrogen (secondary N) is 1. The largest absolute Gasteiger partial charge is 0.371 e. The van der Waals surface area contributed by atoms with Crippen LogP contribution < -0.4 is 16.0 Å². The van der Waals surface area contributed by atoms with Gasteiger partial charge in [0.05, 0.1) is 0 Å². The molecular weight excluding hydrogens is 458 g/mol. The number of hydrogen-bond acceptors (Lipinski definition) is 7. The third-order valence-electron chi connectivity index (χ3n) is 6.79. The molecule has 0 radical (unpaired) electrons. The molecule has 1 aromatic carbocycles. The second kappa shape index (κ2) is 9.75. The molecule has 2 aliphatic heterocycles. The van der Waals surface area contributed by atoms with Gasteiger partial charge in [0, 0.05) is 49.4 Å². The fourth-order valence-corrected chi connectivity index (χ4v) is 6.51. The number of nitrogens with zero attached hydrogens (tertiary/aromatic N) is 3. The van der Waals surface area contributed by atoms with Gasteiger partial charge < -0.3 is 20.5 Å². The minimum Gasteiger partial charge on any atom is -0.371 e. The monoisotopic (exact) mass is 489 g/mol. The molecule has 3 N–H and O–H groups in total. The molecule has 2 fully saturated rings. The van der Waals surface area contributed by atoms with Crippen molar-refractivity contribution in [1.29, 1.82) is 0 Å². The van der Waals surface area contributed by atoms with Gasteiger partial charge in [-0.2, -0.15) is 4.31 Å². The van der Waals surface area contributed by atoms with E-state index in [-0.39, 0.29) is 47.4 Å². The highest BCUT2D eigenvalue weighted by Gasteiger charge is 2.35. The molecule has 2 aliphatic rings. The van der Waals surface area contributed by atoms with E-state index >= 15 is 0 Å². The van der Waals surface area contributed by atoms with Crippen LogP contribution in [0.15, 0.2) is 33.7 Å². The van der Waals surface area contributed by atoms with E-state index in [1.165, 1.54) is 4.31 Å². The fourth-order valence-electron chi connectivity index (χ4n) is 4.75. The first-order valence-corrected chi connectivity index (χ1v) is 13.0. The summed E-state index contributed by atoms with van der Waals surface area (Å²) in [6.45, 7) is 5.28. The molecule has 0 bridgehead atoms. The molecule has 3 heterocycles. The first-order chi connectivity index (χ1) is 16.2. The van der Waals surface area contributed by atoms with Crippen LogP contribution in [-0.2, 0) is 19.6 Å². The summed E-state index contributed by atoms with van der Waals surface area (Å²) in [7, 11) is -3.70. The average Bonchev–Trinajstić information content (AvgIpc) is 3.18. The van der Waals surface area contributed by atoms with Crippen molar-refractivity contribution in [2.45, 2.75) is 44.4 Å². The molecule has 184 valence electrons. The van der Waals surface area contributed by atoms with E-state index in [2.05, 4.69) is 15.4 Å². The highest BCUT2D eigenvalue weighted by molar-refractivity contribution is 7.89. The SMILES string of the molecule is Cc1noc(C)c1S(=O)(=O)N1CCC(C(=O)Nc2ccc(N3CCC(C(N)=O)CC3)cc2)CC1. The molecule has 2 aromatic rings. The Morgan fingerprint density at radius 3 is 2.12 bits per heavy atom. The van der Waals surface area contributed by atoms with Gasteiger partial charge in [-0.25, -0.2) is 8.42 Å². The zero-order valence-corrected chi connectivity index (χ0v) is 20.3. The molecule has 34 heavy (non-hydrogen) atoms. The van der Waals surface area contributed by atoms with Crippen molar-refractivity contribution in [2.24, 2.45) is 17.6 Å². The van der Waals surface area contributed by atoms with E-state index in [9.17, 15) is 18.0 Å². The molecule has 1 aromatic heterocycles. The summed E-state index contributed by atoms with van der Waals surface area (Å²) in [4.78, 5) is 26.5. The number of amides is 2. The van der Waals surface area contributed by atoms with Gasteiger partial charge in [0.15, 0.2) is 5.76 Å². The summed E-state index contributed by atoms with van der Waals surface area (Å²) in [5.74, 6) is -0.378. The zero-order valence-electron chi connectivity index (χ0n) is 19.5. The minimum atomic E-state index is -3.70. The van der Waals surface area contributed by atoms with Gasteiger partial charge in [0.1, 0.15) is 10.6 Å². The predicted octanol–water partition coefficient (Wildman–Crippen LogP) is 2.03. The molecule has 11 heteroatoms. The van der Waals surface area contributed by atoms with Crippen LogP contribution in [0.3, 0.4) is 0 Å². The van der Waals surface area contributed by atoms with Gasteiger partial charge in [-0.05, 0) is 63.8 Å². The number of carbonyl (C=O) groups excluding carboxylic acids is 2. The summed E-state index contributed by atoms with van der Waals surface area (Å²) in [5.41, 5.74) is 7.49. The van der Waals surface area contributed by atoms with Crippen LogP contribution in [0.2, 0.25) is 0 Å². The van der Waals surface area contributed by atoms with Gasteiger partial charge >= 0.3 is 0 Å². The van der Waals surface area contributed by atoms with Crippen LogP contribution in [0.1, 0.15) is 37.1 Å². The molecule has 2 saturated heterocycles. The number of nitrogens with two attached hydrogens (primary N) is 1. The van der Waals surface area contributed by atoms with Crippen molar-refractivity contribution in [3.05, 3.63) is 35.7 Å². The molecule has 0 atom stereocenters. The van der Waals surface area contributed by atoms with Crippen LogP contribution in [0.4, 0.5) is 11.4 Å². The fraction of sp³-hybridized carbons (Fsp3) is 0.522. The molecule has 0 unspecified atom stereocenters. The van der Waals surface area contributed by atoms with E-state index in [0.717, 1.165) is 31.6 Å².